The van der Waals surface area contributed by atoms with Crippen LogP contribution in [0.5, 0.6) is 17.5 Å². The van der Waals surface area contributed by atoms with Crippen LogP contribution >= 0.6 is 23.2 Å². The van der Waals surface area contributed by atoms with E-state index in [0.29, 0.717) is 6.42 Å². The van der Waals surface area contributed by atoms with Gasteiger partial charge in [-0.3, -0.25) is 14.6 Å². The quantitative estimate of drug-likeness (QED) is 0.546. The van der Waals surface area contributed by atoms with Gasteiger partial charge >= 0.3 is 0 Å². The molecule has 0 aromatic carbocycles. The van der Waals surface area contributed by atoms with Gasteiger partial charge in [0.25, 0.3) is 0 Å². The Balaban J connectivity index is 3.16. The highest BCUT2D eigenvalue weighted by Gasteiger charge is 2.28. The molecule has 0 saturated carbocycles. The average molecular weight is 366 g/mol. The van der Waals surface area contributed by atoms with Crippen molar-refractivity contribution < 1.29 is 19.4 Å². The Morgan fingerprint density at radius 3 is 2.39 bits per heavy atom. The van der Waals surface area contributed by atoms with Crippen molar-refractivity contribution in [2.75, 3.05) is 20.1 Å². The van der Waals surface area contributed by atoms with E-state index in [4.69, 9.17) is 32.7 Å². The van der Waals surface area contributed by atoms with E-state index in [0.717, 1.165) is 0 Å². The number of pyridine rings is 1. The minimum atomic E-state index is -0.718. The number of H-pyrrole nitrogens is 1. The minimum absolute atomic E-state index is 0.0190. The van der Waals surface area contributed by atoms with Crippen LogP contribution in [0.15, 0.2) is 4.79 Å². The number of aromatic amines is 1. The Hall–Kier alpha value is -1.40. The molecule has 130 valence electrons. The molecule has 1 heterocycles. The monoisotopic (exact) mass is 365 g/mol. The molecule has 0 radical (unpaired) electrons. The van der Waals surface area contributed by atoms with Gasteiger partial charge in [-0.25, -0.2) is 0 Å². The van der Waals surface area contributed by atoms with E-state index in [1.807, 2.05) is 6.92 Å². The first kappa shape index (κ1) is 19.6. The number of ether oxygens (including phenoxy) is 2. The molecule has 2 N–H and O–H groups in total. The van der Waals surface area contributed by atoms with E-state index in [2.05, 4.69) is 4.98 Å². The van der Waals surface area contributed by atoms with Gasteiger partial charge in [0.1, 0.15) is 5.56 Å². The van der Waals surface area contributed by atoms with Crippen molar-refractivity contribution in [3.05, 3.63) is 15.8 Å². The summed E-state index contributed by atoms with van der Waals surface area (Å²) in [7, 11) is 2.59. The number of Topliss-reactive ketones (excluding diaryl/α,β-unsaturated/α-hetero) is 1. The lowest BCUT2D eigenvalue weighted by Crippen LogP contribution is -2.26. The zero-order valence-electron chi connectivity index (χ0n) is 13.5. The standard InChI is InChI=1S/C15H21Cl2NO5/c1-7(9(17)6-16)5-8(2)11(19)10-12(20)13(22-3)15(23-4)18-14(10)21/h7-9H,5-6H2,1-4H3,(H2,18,20,21). The number of hydrogen-bond donors (Lipinski definition) is 2. The van der Waals surface area contributed by atoms with Crippen molar-refractivity contribution in [3.8, 4) is 17.5 Å². The molecule has 1 aromatic heterocycles. The van der Waals surface area contributed by atoms with Crippen LogP contribution in [-0.4, -0.2) is 41.4 Å². The molecule has 1 rings (SSSR count). The van der Waals surface area contributed by atoms with E-state index in [9.17, 15) is 14.7 Å². The van der Waals surface area contributed by atoms with Gasteiger partial charge in [-0.15, -0.1) is 23.2 Å². The predicted molar refractivity (Wildman–Crippen MR) is 89.5 cm³/mol. The van der Waals surface area contributed by atoms with E-state index < -0.39 is 23.0 Å². The van der Waals surface area contributed by atoms with Crippen LogP contribution in [0.25, 0.3) is 0 Å². The normalized spacial score (nSPS) is 14.9. The third-order valence-electron chi connectivity index (χ3n) is 3.70. The summed E-state index contributed by atoms with van der Waals surface area (Å²) in [5.41, 5.74) is -1.07. The third-order valence-corrected chi connectivity index (χ3v) is 4.78. The first-order valence-corrected chi connectivity index (χ1v) is 8.06. The summed E-state index contributed by atoms with van der Waals surface area (Å²) in [5.74, 6) is -1.51. The first-order chi connectivity index (χ1) is 10.8. The number of aromatic hydroxyl groups is 1. The molecule has 1 aromatic rings. The van der Waals surface area contributed by atoms with Crippen LogP contribution < -0.4 is 14.9 Å². The molecule has 0 spiro atoms. The number of halogens is 2. The maximum absolute atomic E-state index is 12.5. The molecule has 0 amide bonds. The van der Waals surface area contributed by atoms with Crippen molar-refractivity contribution in [3.63, 3.8) is 0 Å². The van der Waals surface area contributed by atoms with E-state index in [-0.39, 0.29) is 34.4 Å². The topological polar surface area (TPSA) is 88.6 Å². The molecule has 0 bridgehead atoms. The van der Waals surface area contributed by atoms with Crippen molar-refractivity contribution in [1.29, 1.82) is 0 Å². The van der Waals surface area contributed by atoms with E-state index in [1.54, 1.807) is 6.92 Å². The smallest absolute Gasteiger partial charge is 0.242 e. The lowest BCUT2D eigenvalue weighted by molar-refractivity contribution is 0.0908. The molecule has 23 heavy (non-hydrogen) atoms. The van der Waals surface area contributed by atoms with Crippen LogP contribution in [-0.2, 0) is 0 Å². The molecule has 0 aliphatic rings. The Labute approximate surface area is 144 Å². The fraction of sp³-hybridized carbons (Fsp3) is 0.600. The van der Waals surface area contributed by atoms with Crippen molar-refractivity contribution in [2.24, 2.45) is 11.8 Å². The number of hydrogen-bond acceptors (Lipinski definition) is 5. The maximum atomic E-state index is 12.5. The zero-order chi connectivity index (χ0) is 17.7. The molecule has 0 fully saturated rings. The summed E-state index contributed by atoms with van der Waals surface area (Å²) in [6, 6.07) is 0. The van der Waals surface area contributed by atoms with Crippen LogP contribution in [0.4, 0.5) is 0 Å². The molecule has 6 nitrogen and oxygen atoms in total. The number of ketones is 1. The Morgan fingerprint density at radius 1 is 1.30 bits per heavy atom. The Kier molecular flexibility index (Phi) is 7.22. The minimum Gasteiger partial charge on any atom is -0.494 e. The third kappa shape index (κ3) is 4.32. The second-order valence-corrected chi connectivity index (χ2v) is 6.26. The zero-order valence-corrected chi connectivity index (χ0v) is 15.0. The lowest BCUT2D eigenvalue weighted by atomic mass is 9.89. The maximum Gasteiger partial charge on any atom is 0.242 e. The molecule has 0 aliphatic carbocycles. The van der Waals surface area contributed by atoms with Gasteiger partial charge in [-0.05, 0) is 12.3 Å². The Morgan fingerprint density at radius 2 is 1.91 bits per heavy atom. The highest BCUT2D eigenvalue weighted by atomic mass is 35.5. The first-order valence-electron chi connectivity index (χ1n) is 7.09. The molecular weight excluding hydrogens is 345 g/mol. The molecular formula is C15H21Cl2NO5. The van der Waals surface area contributed by atoms with Gasteiger partial charge < -0.3 is 14.6 Å². The predicted octanol–water partition coefficient (Wildman–Crippen LogP) is 2.79. The number of rotatable bonds is 8. The van der Waals surface area contributed by atoms with Gasteiger partial charge in [0, 0.05) is 17.2 Å². The lowest BCUT2D eigenvalue weighted by Gasteiger charge is -2.20. The summed E-state index contributed by atoms with van der Waals surface area (Å²) >= 11 is 11.8. The van der Waals surface area contributed by atoms with Crippen molar-refractivity contribution >= 4 is 29.0 Å². The number of carbonyl (C=O) groups excluding carboxylic acids is 1. The van der Waals surface area contributed by atoms with Gasteiger partial charge in [-0.2, -0.15) is 0 Å². The molecule has 3 unspecified atom stereocenters. The summed E-state index contributed by atoms with van der Waals surface area (Å²) in [6.07, 6.45) is 0.437. The average Bonchev–Trinajstić information content (AvgIpc) is 2.52. The number of methoxy groups -OCH3 is 2. The van der Waals surface area contributed by atoms with Gasteiger partial charge in [-0.1, -0.05) is 13.8 Å². The SMILES string of the molecule is COc1[nH]c(O)c(C(=O)C(C)CC(C)C(Cl)CCl)c(=O)c1OC. The van der Waals surface area contributed by atoms with Gasteiger partial charge in [0.05, 0.1) is 14.2 Å². The molecule has 0 aliphatic heterocycles. The molecule has 8 heteroatoms. The number of carbonyl (C=O) groups is 1. The number of nitrogens with one attached hydrogen (secondary N) is 1. The van der Waals surface area contributed by atoms with Crippen molar-refractivity contribution in [1.82, 2.24) is 4.98 Å². The fourth-order valence-electron chi connectivity index (χ4n) is 2.32. The molecule has 0 saturated heterocycles. The highest BCUT2D eigenvalue weighted by Crippen LogP contribution is 2.28. The van der Waals surface area contributed by atoms with Crippen LogP contribution in [0.3, 0.4) is 0 Å². The van der Waals surface area contributed by atoms with Gasteiger partial charge in [0.15, 0.2) is 5.78 Å². The summed E-state index contributed by atoms with van der Waals surface area (Å²) < 4.78 is 9.88. The second-order valence-electron chi connectivity index (χ2n) is 5.39. The summed E-state index contributed by atoms with van der Waals surface area (Å²) in [4.78, 5) is 27.4. The van der Waals surface area contributed by atoms with Gasteiger partial charge in [0.2, 0.25) is 22.9 Å². The highest BCUT2D eigenvalue weighted by molar-refractivity contribution is 6.28. The van der Waals surface area contributed by atoms with Crippen LogP contribution in [0, 0.1) is 11.8 Å². The molecule has 3 atom stereocenters. The number of alkyl halides is 2. The summed E-state index contributed by atoms with van der Waals surface area (Å²) in [5, 5.41) is 9.70. The van der Waals surface area contributed by atoms with E-state index in [1.165, 1.54) is 14.2 Å². The summed E-state index contributed by atoms with van der Waals surface area (Å²) in [6.45, 7) is 3.55. The Bertz CT molecular complexity index is 617. The largest absolute Gasteiger partial charge is 0.494 e. The van der Waals surface area contributed by atoms with E-state index >= 15 is 0 Å². The van der Waals surface area contributed by atoms with Crippen molar-refractivity contribution in [2.45, 2.75) is 25.6 Å². The fourth-order valence-corrected chi connectivity index (χ4v) is 2.73. The second kappa shape index (κ2) is 8.45. The number of aromatic nitrogens is 1. The van der Waals surface area contributed by atoms with Crippen LogP contribution in [0.1, 0.15) is 30.6 Å². The van der Waals surface area contributed by atoms with Crippen LogP contribution in [0.2, 0.25) is 0 Å².